The van der Waals surface area contributed by atoms with Crippen molar-refractivity contribution in [2.45, 2.75) is 25.8 Å². The molecule has 0 aliphatic carbocycles. The minimum atomic E-state index is 0.760. The van der Waals surface area contributed by atoms with Crippen molar-refractivity contribution in [1.82, 2.24) is 20.4 Å². The Bertz CT molecular complexity index is 453. The molecule has 2 heterocycles. The van der Waals surface area contributed by atoms with Crippen LogP contribution in [0.2, 0.25) is 0 Å². The van der Waals surface area contributed by atoms with Crippen molar-refractivity contribution >= 4 is 5.96 Å². The highest BCUT2D eigenvalue weighted by molar-refractivity contribution is 5.79. The third-order valence-corrected chi connectivity index (χ3v) is 3.44. The maximum atomic E-state index is 5.30. The first-order valence-electron chi connectivity index (χ1n) is 7.56. The predicted molar refractivity (Wildman–Crippen MR) is 84.3 cm³/mol. The lowest BCUT2D eigenvalue weighted by atomic mass is 10.1. The lowest BCUT2D eigenvalue weighted by Crippen LogP contribution is -2.38. The summed E-state index contributed by atoms with van der Waals surface area (Å²) in [5.74, 6) is 0.864. The summed E-state index contributed by atoms with van der Waals surface area (Å²) in [5, 5.41) is 10.8. The standard InChI is InChI=1S/C15H25N5O/c1-16-15(17-7-2-10-20-11-3-8-19-20)18-9-4-14-5-12-21-13-6-14/h3,5,8,11H,2,4,6-7,9-10,12-13H2,1H3,(H2,16,17,18). The summed E-state index contributed by atoms with van der Waals surface area (Å²) in [6.07, 6.45) is 9.10. The number of rotatable bonds is 7. The van der Waals surface area contributed by atoms with E-state index in [1.54, 1.807) is 13.2 Å². The van der Waals surface area contributed by atoms with Gasteiger partial charge in [0.25, 0.3) is 0 Å². The molecule has 0 spiro atoms. The van der Waals surface area contributed by atoms with Crippen LogP contribution in [0.4, 0.5) is 0 Å². The van der Waals surface area contributed by atoms with Gasteiger partial charge in [0.2, 0.25) is 0 Å². The van der Waals surface area contributed by atoms with Crippen molar-refractivity contribution in [1.29, 1.82) is 0 Å². The molecule has 0 saturated heterocycles. The molecule has 0 radical (unpaired) electrons. The number of hydrogen-bond donors (Lipinski definition) is 2. The van der Waals surface area contributed by atoms with Gasteiger partial charge in [0.15, 0.2) is 5.96 Å². The van der Waals surface area contributed by atoms with Gasteiger partial charge in [0.1, 0.15) is 0 Å². The molecule has 1 aliphatic heterocycles. The number of aryl methyl sites for hydroxylation is 1. The van der Waals surface area contributed by atoms with Gasteiger partial charge in [0, 0.05) is 39.1 Å². The summed E-state index contributed by atoms with van der Waals surface area (Å²) in [5.41, 5.74) is 1.47. The molecule has 1 aromatic heterocycles. The van der Waals surface area contributed by atoms with Crippen molar-refractivity contribution in [3.8, 4) is 0 Å². The minimum absolute atomic E-state index is 0.760. The normalized spacial score (nSPS) is 15.7. The van der Waals surface area contributed by atoms with E-state index in [2.05, 4.69) is 26.8 Å². The summed E-state index contributed by atoms with van der Waals surface area (Å²) in [7, 11) is 1.80. The molecule has 2 N–H and O–H groups in total. The Morgan fingerprint density at radius 1 is 1.43 bits per heavy atom. The molecule has 0 fully saturated rings. The SMILES string of the molecule is CN=C(NCCCn1cccn1)NCCC1=CCOCC1. The molecule has 1 aliphatic rings. The number of aromatic nitrogens is 2. The quantitative estimate of drug-likeness (QED) is 0.343. The molecule has 2 rings (SSSR count). The average Bonchev–Trinajstić information content (AvgIpc) is 3.04. The Labute approximate surface area is 126 Å². The highest BCUT2D eigenvalue weighted by Gasteiger charge is 2.04. The smallest absolute Gasteiger partial charge is 0.190 e. The van der Waals surface area contributed by atoms with Gasteiger partial charge in [0.05, 0.1) is 13.2 Å². The molecule has 116 valence electrons. The van der Waals surface area contributed by atoms with Gasteiger partial charge in [-0.2, -0.15) is 5.10 Å². The van der Waals surface area contributed by atoms with E-state index in [-0.39, 0.29) is 0 Å². The summed E-state index contributed by atoms with van der Waals surface area (Å²) in [4.78, 5) is 4.23. The van der Waals surface area contributed by atoms with Crippen LogP contribution < -0.4 is 10.6 Å². The molecule has 0 unspecified atom stereocenters. The Kier molecular flexibility index (Phi) is 6.80. The van der Waals surface area contributed by atoms with Crippen LogP contribution >= 0.6 is 0 Å². The second-order valence-corrected chi connectivity index (χ2v) is 4.99. The summed E-state index contributed by atoms with van der Waals surface area (Å²) in [6.45, 7) is 4.33. The van der Waals surface area contributed by atoms with E-state index in [1.165, 1.54) is 5.57 Å². The topological polar surface area (TPSA) is 63.5 Å². The molecule has 0 aromatic carbocycles. The third kappa shape index (κ3) is 5.99. The first kappa shape index (κ1) is 15.6. The molecule has 0 amide bonds. The first-order chi connectivity index (χ1) is 10.4. The average molecular weight is 291 g/mol. The van der Waals surface area contributed by atoms with E-state index in [1.807, 2.05) is 16.9 Å². The zero-order valence-electron chi connectivity index (χ0n) is 12.7. The lowest BCUT2D eigenvalue weighted by molar-refractivity contribution is 0.153. The van der Waals surface area contributed by atoms with Gasteiger partial charge >= 0.3 is 0 Å². The number of ether oxygens (including phenoxy) is 1. The van der Waals surface area contributed by atoms with Crippen molar-refractivity contribution < 1.29 is 4.74 Å². The van der Waals surface area contributed by atoms with E-state index < -0.39 is 0 Å². The van der Waals surface area contributed by atoms with Gasteiger partial charge in [-0.3, -0.25) is 9.67 Å². The van der Waals surface area contributed by atoms with Gasteiger partial charge in [-0.25, -0.2) is 0 Å². The maximum absolute atomic E-state index is 5.30. The maximum Gasteiger partial charge on any atom is 0.190 e. The number of aliphatic imine (C=N–C) groups is 1. The molecule has 1 aromatic rings. The van der Waals surface area contributed by atoms with Gasteiger partial charge in [-0.05, 0) is 25.3 Å². The monoisotopic (exact) mass is 291 g/mol. The van der Waals surface area contributed by atoms with Crippen molar-refractivity contribution in [3.63, 3.8) is 0 Å². The fourth-order valence-corrected chi connectivity index (χ4v) is 2.24. The second-order valence-electron chi connectivity index (χ2n) is 4.99. The lowest BCUT2D eigenvalue weighted by Gasteiger charge is -2.15. The predicted octanol–water partition coefficient (Wildman–Crippen LogP) is 1.17. The van der Waals surface area contributed by atoms with Crippen LogP contribution in [0.15, 0.2) is 35.1 Å². The van der Waals surface area contributed by atoms with E-state index in [0.29, 0.717) is 0 Å². The van der Waals surface area contributed by atoms with Crippen LogP contribution in [0.1, 0.15) is 19.3 Å². The highest BCUT2D eigenvalue weighted by Crippen LogP contribution is 2.10. The molecule has 21 heavy (non-hydrogen) atoms. The number of guanidine groups is 1. The van der Waals surface area contributed by atoms with Crippen molar-refractivity contribution in [2.24, 2.45) is 4.99 Å². The van der Waals surface area contributed by atoms with Gasteiger partial charge in [-0.15, -0.1) is 0 Å². The largest absolute Gasteiger partial charge is 0.377 e. The first-order valence-corrected chi connectivity index (χ1v) is 7.56. The number of nitrogens with one attached hydrogen (secondary N) is 2. The highest BCUT2D eigenvalue weighted by atomic mass is 16.5. The molecular formula is C15H25N5O. The zero-order valence-corrected chi connectivity index (χ0v) is 12.7. The molecule has 6 heteroatoms. The Morgan fingerprint density at radius 2 is 2.33 bits per heavy atom. The van der Waals surface area contributed by atoms with Crippen LogP contribution in [-0.2, 0) is 11.3 Å². The van der Waals surface area contributed by atoms with Gasteiger partial charge < -0.3 is 15.4 Å². The molecule has 0 bridgehead atoms. The summed E-state index contributed by atoms with van der Waals surface area (Å²) < 4.78 is 7.24. The van der Waals surface area contributed by atoms with Crippen molar-refractivity contribution in [2.75, 3.05) is 33.4 Å². The summed E-state index contributed by atoms with van der Waals surface area (Å²) >= 11 is 0. The van der Waals surface area contributed by atoms with Crippen LogP contribution in [0.3, 0.4) is 0 Å². The van der Waals surface area contributed by atoms with Crippen LogP contribution in [-0.4, -0.2) is 49.1 Å². The molecule has 6 nitrogen and oxygen atoms in total. The van der Waals surface area contributed by atoms with E-state index in [4.69, 9.17) is 4.74 Å². The number of nitrogens with zero attached hydrogens (tertiary/aromatic N) is 3. The molecule has 0 saturated carbocycles. The minimum Gasteiger partial charge on any atom is -0.377 e. The molecule has 0 atom stereocenters. The van der Waals surface area contributed by atoms with Gasteiger partial charge in [-0.1, -0.05) is 11.6 Å². The van der Waals surface area contributed by atoms with Crippen molar-refractivity contribution in [3.05, 3.63) is 30.1 Å². The fourth-order valence-electron chi connectivity index (χ4n) is 2.24. The summed E-state index contributed by atoms with van der Waals surface area (Å²) in [6, 6.07) is 1.94. The fraction of sp³-hybridized carbons (Fsp3) is 0.600. The molecular weight excluding hydrogens is 266 g/mol. The third-order valence-electron chi connectivity index (χ3n) is 3.44. The van der Waals surface area contributed by atoms with E-state index in [9.17, 15) is 0 Å². The van der Waals surface area contributed by atoms with Crippen LogP contribution in [0, 0.1) is 0 Å². The Balaban J connectivity index is 1.56. The van der Waals surface area contributed by atoms with Crippen LogP contribution in [0.25, 0.3) is 0 Å². The van der Waals surface area contributed by atoms with E-state index in [0.717, 1.165) is 58.1 Å². The van der Waals surface area contributed by atoms with Crippen LogP contribution in [0.5, 0.6) is 0 Å². The Morgan fingerprint density at radius 3 is 3.05 bits per heavy atom. The van der Waals surface area contributed by atoms with E-state index >= 15 is 0 Å². The Hall–Kier alpha value is -1.82. The zero-order chi connectivity index (χ0) is 14.8. The number of hydrogen-bond acceptors (Lipinski definition) is 3. The second kappa shape index (κ2) is 9.18.